The maximum absolute atomic E-state index is 13.0. The van der Waals surface area contributed by atoms with E-state index in [0.29, 0.717) is 29.2 Å². The van der Waals surface area contributed by atoms with E-state index in [1.54, 1.807) is 12.1 Å². The number of fused-ring (bicyclic) bond motifs is 1. The quantitative estimate of drug-likeness (QED) is 0.807. The van der Waals surface area contributed by atoms with E-state index >= 15 is 0 Å². The molecule has 0 saturated heterocycles. The molecule has 2 aromatic carbocycles. The molecule has 3 N–H and O–H groups in total. The highest BCUT2D eigenvalue weighted by molar-refractivity contribution is 5.93. The molecule has 0 bridgehead atoms. The monoisotopic (exact) mass is 326 g/mol. The average molecular weight is 326 g/mol. The first-order valence-electron chi connectivity index (χ1n) is 8.04. The Morgan fingerprint density at radius 1 is 1.04 bits per heavy atom. The molecule has 0 amide bonds. The molecule has 1 unspecified atom stereocenters. The van der Waals surface area contributed by atoms with Gasteiger partial charge in [-0.1, -0.05) is 25.0 Å². The number of carbonyl (C=O) groups excluding carboxylic acids is 1. The Bertz CT molecular complexity index is 807. The van der Waals surface area contributed by atoms with Crippen molar-refractivity contribution in [3.63, 3.8) is 0 Å². The fourth-order valence-electron chi connectivity index (χ4n) is 3.39. The third-order valence-electron chi connectivity index (χ3n) is 4.85. The molecular formula is C19H18O5. The van der Waals surface area contributed by atoms with E-state index in [-0.39, 0.29) is 29.5 Å². The fourth-order valence-corrected chi connectivity index (χ4v) is 3.39. The third kappa shape index (κ3) is 2.37. The number of phenols is 3. The Morgan fingerprint density at radius 2 is 1.75 bits per heavy atom. The molecule has 1 atom stereocenters. The van der Waals surface area contributed by atoms with Gasteiger partial charge in [0.15, 0.2) is 11.4 Å². The minimum Gasteiger partial charge on any atom is -0.508 e. The van der Waals surface area contributed by atoms with Gasteiger partial charge in [-0.05, 0) is 18.1 Å². The van der Waals surface area contributed by atoms with E-state index in [1.165, 1.54) is 24.3 Å². The van der Waals surface area contributed by atoms with Gasteiger partial charge < -0.3 is 20.1 Å². The second-order valence-electron chi connectivity index (χ2n) is 6.66. The summed E-state index contributed by atoms with van der Waals surface area (Å²) >= 11 is 0. The van der Waals surface area contributed by atoms with Crippen LogP contribution in [0.15, 0.2) is 36.4 Å². The number of Topliss-reactive ketones (excluding diaryl/α,β-unsaturated/α-hetero) is 1. The van der Waals surface area contributed by atoms with Crippen molar-refractivity contribution in [2.45, 2.75) is 31.3 Å². The predicted molar refractivity (Wildman–Crippen MR) is 86.2 cm³/mol. The molecule has 1 fully saturated rings. The van der Waals surface area contributed by atoms with Gasteiger partial charge in [-0.15, -0.1) is 0 Å². The molecule has 1 aliphatic heterocycles. The largest absolute Gasteiger partial charge is 0.508 e. The smallest absolute Gasteiger partial charge is 0.192 e. The van der Waals surface area contributed by atoms with Gasteiger partial charge in [0.05, 0.1) is 0 Å². The van der Waals surface area contributed by atoms with Crippen LogP contribution in [0.2, 0.25) is 0 Å². The van der Waals surface area contributed by atoms with Crippen molar-refractivity contribution < 1.29 is 24.9 Å². The Hall–Kier alpha value is -2.69. The minimum absolute atomic E-state index is 0.0506. The summed E-state index contributed by atoms with van der Waals surface area (Å²) in [4.78, 5) is 13.0. The van der Waals surface area contributed by atoms with Gasteiger partial charge in [-0.3, -0.25) is 4.79 Å². The molecule has 5 heteroatoms. The lowest BCUT2D eigenvalue weighted by Crippen LogP contribution is -2.46. The normalized spacial score (nSPS) is 22.8. The van der Waals surface area contributed by atoms with Gasteiger partial charge in [0.25, 0.3) is 0 Å². The molecule has 0 spiro atoms. The molecule has 2 aromatic rings. The molecule has 1 heterocycles. The standard InChI is InChI=1S/C19H18O5/c20-13-5-3-12(4-6-13)19(10-11-1-2-11)18(23)9-15-16(22)7-14(21)8-17(15)24-19/h3-8,11,20-22H,1-2,9-10H2. The number of rotatable bonds is 3. The maximum Gasteiger partial charge on any atom is 0.192 e. The average Bonchev–Trinajstić information content (AvgIpc) is 3.33. The molecule has 5 nitrogen and oxygen atoms in total. The zero-order valence-electron chi connectivity index (χ0n) is 13.0. The number of hydrogen-bond donors (Lipinski definition) is 3. The van der Waals surface area contributed by atoms with Gasteiger partial charge >= 0.3 is 0 Å². The second kappa shape index (κ2) is 5.16. The van der Waals surface area contributed by atoms with E-state index in [2.05, 4.69) is 0 Å². The summed E-state index contributed by atoms with van der Waals surface area (Å²) in [7, 11) is 0. The van der Waals surface area contributed by atoms with E-state index in [4.69, 9.17) is 4.74 Å². The molecule has 2 aliphatic rings. The summed E-state index contributed by atoms with van der Waals surface area (Å²) in [5.74, 6) is 0.527. The highest BCUT2D eigenvalue weighted by Gasteiger charge is 2.49. The molecule has 124 valence electrons. The first-order valence-corrected chi connectivity index (χ1v) is 8.04. The van der Waals surface area contributed by atoms with Crippen molar-refractivity contribution in [3.05, 3.63) is 47.5 Å². The van der Waals surface area contributed by atoms with E-state index < -0.39 is 5.60 Å². The zero-order valence-corrected chi connectivity index (χ0v) is 13.0. The topological polar surface area (TPSA) is 87.0 Å². The number of aromatic hydroxyl groups is 3. The van der Waals surface area contributed by atoms with Crippen LogP contribution >= 0.6 is 0 Å². The van der Waals surface area contributed by atoms with Gasteiger partial charge in [-0.2, -0.15) is 0 Å². The number of phenolic OH excluding ortho intramolecular Hbond substituents is 3. The minimum atomic E-state index is -1.14. The summed E-state index contributed by atoms with van der Waals surface area (Å²) in [5.41, 5.74) is -0.0454. The van der Waals surface area contributed by atoms with E-state index in [0.717, 1.165) is 12.8 Å². The second-order valence-corrected chi connectivity index (χ2v) is 6.66. The van der Waals surface area contributed by atoms with Gasteiger partial charge in [0, 0.05) is 36.1 Å². The highest BCUT2D eigenvalue weighted by atomic mass is 16.5. The van der Waals surface area contributed by atoms with Crippen LogP contribution in [0, 0.1) is 5.92 Å². The summed E-state index contributed by atoms with van der Waals surface area (Å²) in [6.07, 6.45) is 2.74. The number of ketones is 1. The van der Waals surface area contributed by atoms with Crippen LogP contribution in [-0.4, -0.2) is 21.1 Å². The Kier molecular flexibility index (Phi) is 3.20. The van der Waals surface area contributed by atoms with Crippen LogP contribution in [0.3, 0.4) is 0 Å². The number of benzene rings is 2. The lowest BCUT2D eigenvalue weighted by Gasteiger charge is -2.38. The summed E-state index contributed by atoms with van der Waals surface area (Å²) < 4.78 is 6.12. The van der Waals surface area contributed by atoms with Crippen molar-refractivity contribution in [2.75, 3.05) is 0 Å². The van der Waals surface area contributed by atoms with Crippen LogP contribution < -0.4 is 4.74 Å². The maximum atomic E-state index is 13.0. The molecule has 24 heavy (non-hydrogen) atoms. The van der Waals surface area contributed by atoms with Crippen LogP contribution in [0.1, 0.15) is 30.4 Å². The molecule has 1 saturated carbocycles. The lowest BCUT2D eigenvalue weighted by molar-refractivity contribution is -0.138. The van der Waals surface area contributed by atoms with Crippen LogP contribution in [0.25, 0.3) is 0 Å². The number of ether oxygens (including phenoxy) is 1. The van der Waals surface area contributed by atoms with E-state index in [9.17, 15) is 20.1 Å². The molecule has 1 aliphatic carbocycles. The predicted octanol–water partition coefficient (Wildman–Crippen LogP) is 3.00. The van der Waals surface area contributed by atoms with Crippen molar-refractivity contribution in [3.8, 4) is 23.0 Å². The van der Waals surface area contributed by atoms with Gasteiger partial charge in [-0.25, -0.2) is 0 Å². The van der Waals surface area contributed by atoms with Crippen LogP contribution in [0.4, 0.5) is 0 Å². The lowest BCUT2D eigenvalue weighted by atomic mass is 9.79. The summed E-state index contributed by atoms with van der Waals surface area (Å²) in [6.45, 7) is 0. The van der Waals surface area contributed by atoms with E-state index in [1.807, 2.05) is 0 Å². The third-order valence-corrected chi connectivity index (χ3v) is 4.85. The fraction of sp³-hybridized carbons (Fsp3) is 0.316. The van der Waals surface area contributed by atoms with Gasteiger partial charge in [0.1, 0.15) is 23.0 Å². The number of carbonyl (C=O) groups is 1. The van der Waals surface area contributed by atoms with Gasteiger partial charge in [0.2, 0.25) is 0 Å². The zero-order chi connectivity index (χ0) is 16.9. The van der Waals surface area contributed by atoms with Crippen molar-refractivity contribution in [1.29, 1.82) is 0 Å². The van der Waals surface area contributed by atoms with Crippen LogP contribution in [0.5, 0.6) is 23.0 Å². The molecular weight excluding hydrogens is 308 g/mol. The molecule has 4 rings (SSSR count). The van der Waals surface area contributed by atoms with Crippen molar-refractivity contribution in [2.24, 2.45) is 5.92 Å². The van der Waals surface area contributed by atoms with Crippen LogP contribution in [-0.2, 0) is 16.8 Å². The van der Waals surface area contributed by atoms with Crippen molar-refractivity contribution >= 4 is 5.78 Å². The first-order chi connectivity index (χ1) is 11.5. The molecule has 0 aromatic heterocycles. The highest BCUT2D eigenvalue weighted by Crippen LogP contribution is 2.49. The molecule has 0 radical (unpaired) electrons. The Balaban J connectivity index is 1.83. The number of hydrogen-bond acceptors (Lipinski definition) is 5. The van der Waals surface area contributed by atoms with Crippen molar-refractivity contribution in [1.82, 2.24) is 0 Å². The SMILES string of the molecule is O=C1Cc2c(O)cc(O)cc2OC1(CC1CC1)c1ccc(O)cc1. The Morgan fingerprint density at radius 3 is 2.42 bits per heavy atom. The summed E-state index contributed by atoms with van der Waals surface area (Å²) in [6, 6.07) is 9.12. The summed E-state index contributed by atoms with van der Waals surface area (Å²) in [5, 5.41) is 29.3. The Labute approximate surface area is 139 Å². The first kappa shape index (κ1) is 14.9.